The highest BCUT2D eigenvalue weighted by Gasteiger charge is 2.33. The first-order chi connectivity index (χ1) is 11.5. The van der Waals surface area contributed by atoms with E-state index >= 15 is 0 Å². The average Bonchev–Trinajstić information content (AvgIpc) is 3.08. The van der Waals surface area contributed by atoms with Crippen molar-refractivity contribution >= 4 is 5.97 Å². The molecule has 120 valence electrons. The Balaban J connectivity index is 2.17. The van der Waals surface area contributed by atoms with Gasteiger partial charge >= 0.3 is 5.97 Å². The Morgan fingerprint density at radius 2 is 2.17 bits per heavy atom. The SMILES string of the molecule is CC1=C(C#N)C(c2cccc(-n3ccnc3)c2)C(C(=O)O)=C(C)N1. The molecule has 6 heteroatoms. The summed E-state index contributed by atoms with van der Waals surface area (Å²) in [4.78, 5) is 15.8. The smallest absolute Gasteiger partial charge is 0.334 e. The van der Waals surface area contributed by atoms with E-state index in [1.165, 1.54) is 0 Å². The second-order valence-electron chi connectivity index (χ2n) is 5.62. The fraction of sp³-hybridized carbons (Fsp3) is 0.167. The third-order valence-corrected chi connectivity index (χ3v) is 4.12. The molecule has 6 nitrogen and oxygen atoms in total. The monoisotopic (exact) mass is 320 g/mol. The number of imidazole rings is 1. The number of nitriles is 1. The standard InChI is InChI=1S/C18H16N4O2/c1-11-15(9-19)17(16(18(23)24)12(2)21-11)13-4-3-5-14(8-13)22-7-6-20-10-22/h3-8,10,17,21H,1-2H3,(H,23,24). The first-order valence-corrected chi connectivity index (χ1v) is 7.43. The second kappa shape index (κ2) is 6.05. The highest BCUT2D eigenvalue weighted by atomic mass is 16.4. The molecular weight excluding hydrogens is 304 g/mol. The van der Waals surface area contributed by atoms with Crippen molar-refractivity contribution < 1.29 is 9.90 Å². The van der Waals surface area contributed by atoms with E-state index in [0.717, 1.165) is 11.3 Å². The number of hydrogen-bond acceptors (Lipinski definition) is 4. The summed E-state index contributed by atoms with van der Waals surface area (Å²) in [6.45, 7) is 3.50. The lowest BCUT2D eigenvalue weighted by molar-refractivity contribution is -0.133. The van der Waals surface area contributed by atoms with Crippen LogP contribution in [0.4, 0.5) is 0 Å². The molecule has 2 heterocycles. The molecule has 2 N–H and O–H groups in total. The highest BCUT2D eigenvalue weighted by Crippen LogP contribution is 2.38. The molecule has 0 fully saturated rings. The Morgan fingerprint density at radius 1 is 1.38 bits per heavy atom. The minimum atomic E-state index is -1.03. The third kappa shape index (κ3) is 2.57. The quantitative estimate of drug-likeness (QED) is 0.907. The van der Waals surface area contributed by atoms with Gasteiger partial charge in [-0.15, -0.1) is 0 Å². The summed E-state index contributed by atoms with van der Waals surface area (Å²) >= 11 is 0. The minimum Gasteiger partial charge on any atom is -0.478 e. The minimum absolute atomic E-state index is 0.194. The van der Waals surface area contributed by atoms with Gasteiger partial charge in [0.25, 0.3) is 0 Å². The first kappa shape index (κ1) is 15.6. The number of rotatable bonds is 3. The number of nitrogens with one attached hydrogen (secondary N) is 1. The van der Waals surface area contributed by atoms with Crippen molar-refractivity contribution in [1.29, 1.82) is 5.26 Å². The Morgan fingerprint density at radius 3 is 2.79 bits per heavy atom. The predicted octanol–water partition coefficient (Wildman–Crippen LogP) is 2.72. The fourth-order valence-corrected chi connectivity index (χ4v) is 3.04. The number of dihydropyridines is 1. The Labute approximate surface area is 139 Å². The van der Waals surface area contributed by atoms with Crippen LogP contribution in [0.25, 0.3) is 5.69 Å². The van der Waals surface area contributed by atoms with Crippen LogP contribution in [0.15, 0.2) is 65.5 Å². The third-order valence-electron chi connectivity index (χ3n) is 4.12. The Bertz CT molecular complexity index is 901. The van der Waals surface area contributed by atoms with E-state index in [9.17, 15) is 15.2 Å². The molecule has 1 aliphatic heterocycles. The van der Waals surface area contributed by atoms with Crippen LogP contribution in [0.3, 0.4) is 0 Å². The van der Waals surface area contributed by atoms with Crippen LogP contribution in [0, 0.1) is 11.3 Å². The summed E-state index contributed by atoms with van der Waals surface area (Å²) in [7, 11) is 0. The zero-order valence-electron chi connectivity index (χ0n) is 13.3. The van der Waals surface area contributed by atoms with Gasteiger partial charge in [-0.25, -0.2) is 9.78 Å². The van der Waals surface area contributed by atoms with Crippen LogP contribution in [-0.4, -0.2) is 20.6 Å². The second-order valence-corrected chi connectivity index (χ2v) is 5.62. The summed E-state index contributed by atoms with van der Waals surface area (Å²) in [5, 5.41) is 22.2. The van der Waals surface area contributed by atoms with Gasteiger partial charge in [0.2, 0.25) is 0 Å². The lowest BCUT2D eigenvalue weighted by Crippen LogP contribution is -2.27. The van der Waals surface area contributed by atoms with Gasteiger partial charge in [-0.3, -0.25) is 0 Å². The van der Waals surface area contributed by atoms with E-state index in [0.29, 0.717) is 17.0 Å². The Kier molecular flexibility index (Phi) is 3.92. The Hall–Kier alpha value is -3.33. The molecule has 0 saturated heterocycles. The van der Waals surface area contributed by atoms with Crippen molar-refractivity contribution in [2.45, 2.75) is 19.8 Å². The van der Waals surface area contributed by atoms with Crippen LogP contribution in [-0.2, 0) is 4.79 Å². The van der Waals surface area contributed by atoms with Crippen LogP contribution >= 0.6 is 0 Å². The van der Waals surface area contributed by atoms with Crippen molar-refractivity contribution in [1.82, 2.24) is 14.9 Å². The number of hydrogen-bond donors (Lipinski definition) is 2. The summed E-state index contributed by atoms with van der Waals surface area (Å²) in [5.74, 6) is -1.63. The van der Waals surface area contributed by atoms with Gasteiger partial charge in [0, 0.05) is 29.5 Å². The van der Waals surface area contributed by atoms with Gasteiger partial charge in [0.05, 0.1) is 29.5 Å². The molecule has 1 aromatic heterocycles. The maximum Gasteiger partial charge on any atom is 0.334 e. The molecule has 0 radical (unpaired) electrons. The number of carbonyl (C=O) groups is 1. The number of aromatic nitrogens is 2. The van der Waals surface area contributed by atoms with E-state index in [1.807, 2.05) is 35.0 Å². The molecule has 0 aliphatic carbocycles. The van der Waals surface area contributed by atoms with Crippen molar-refractivity contribution in [2.75, 3.05) is 0 Å². The number of allylic oxidation sites excluding steroid dienone is 3. The van der Waals surface area contributed by atoms with Gasteiger partial charge < -0.3 is 15.0 Å². The van der Waals surface area contributed by atoms with E-state index < -0.39 is 11.9 Å². The number of benzene rings is 1. The van der Waals surface area contributed by atoms with Crippen LogP contribution in [0.5, 0.6) is 0 Å². The summed E-state index contributed by atoms with van der Waals surface area (Å²) in [6, 6.07) is 9.66. The largest absolute Gasteiger partial charge is 0.478 e. The summed E-state index contributed by atoms with van der Waals surface area (Å²) in [6.07, 6.45) is 5.16. The molecular formula is C18H16N4O2. The number of carboxylic acid groups (broad SMARTS) is 1. The molecule has 1 aromatic carbocycles. The van der Waals surface area contributed by atoms with Crippen molar-refractivity contribution in [3.8, 4) is 11.8 Å². The maximum absolute atomic E-state index is 11.8. The maximum atomic E-state index is 11.8. The fourth-order valence-electron chi connectivity index (χ4n) is 3.04. The molecule has 0 bridgehead atoms. The van der Waals surface area contributed by atoms with Crippen LogP contribution < -0.4 is 5.32 Å². The number of carboxylic acids is 1. The molecule has 0 spiro atoms. The highest BCUT2D eigenvalue weighted by molar-refractivity contribution is 5.91. The van der Waals surface area contributed by atoms with E-state index in [1.54, 1.807) is 26.4 Å². The van der Waals surface area contributed by atoms with Crippen molar-refractivity contribution in [2.24, 2.45) is 0 Å². The van der Waals surface area contributed by atoms with E-state index in [-0.39, 0.29) is 5.57 Å². The molecule has 24 heavy (non-hydrogen) atoms. The summed E-state index contributed by atoms with van der Waals surface area (Å²) < 4.78 is 1.84. The predicted molar refractivity (Wildman–Crippen MR) is 88.1 cm³/mol. The average molecular weight is 320 g/mol. The number of aliphatic carboxylic acids is 1. The molecule has 1 unspecified atom stereocenters. The van der Waals surface area contributed by atoms with Gasteiger partial charge in [0.15, 0.2) is 0 Å². The molecule has 0 amide bonds. The van der Waals surface area contributed by atoms with Gasteiger partial charge in [-0.2, -0.15) is 5.26 Å². The van der Waals surface area contributed by atoms with Gasteiger partial charge in [-0.1, -0.05) is 12.1 Å². The molecule has 3 rings (SSSR count). The van der Waals surface area contributed by atoms with Crippen LogP contribution in [0.2, 0.25) is 0 Å². The van der Waals surface area contributed by atoms with E-state index in [4.69, 9.17) is 0 Å². The van der Waals surface area contributed by atoms with E-state index in [2.05, 4.69) is 16.4 Å². The topological polar surface area (TPSA) is 90.9 Å². The van der Waals surface area contributed by atoms with Crippen LogP contribution in [0.1, 0.15) is 25.3 Å². The molecule has 1 atom stereocenters. The normalized spacial score (nSPS) is 17.5. The molecule has 0 saturated carbocycles. The molecule has 2 aromatic rings. The van der Waals surface area contributed by atoms with Gasteiger partial charge in [0.1, 0.15) is 0 Å². The first-order valence-electron chi connectivity index (χ1n) is 7.43. The zero-order valence-corrected chi connectivity index (χ0v) is 13.3. The zero-order chi connectivity index (χ0) is 17.3. The van der Waals surface area contributed by atoms with Crippen molar-refractivity contribution in [3.05, 3.63) is 71.1 Å². The lowest BCUT2D eigenvalue weighted by Gasteiger charge is -2.27. The van der Waals surface area contributed by atoms with Gasteiger partial charge in [-0.05, 0) is 31.5 Å². The molecule has 1 aliphatic rings. The van der Waals surface area contributed by atoms with Crippen molar-refractivity contribution in [3.63, 3.8) is 0 Å². The lowest BCUT2D eigenvalue weighted by atomic mass is 9.81. The number of nitrogens with zero attached hydrogens (tertiary/aromatic N) is 3. The summed E-state index contributed by atoms with van der Waals surface area (Å²) in [5.41, 5.74) is 3.46.